The van der Waals surface area contributed by atoms with Gasteiger partial charge in [0.05, 0.1) is 0 Å². The van der Waals surface area contributed by atoms with E-state index in [-0.39, 0.29) is 5.41 Å². The van der Waals surface area contributed by atoms with Crippen LogP contribution in [0.4, 0.5) is 0 Å². The topological polar surface area (TPSA) is 17.1 Å². The molecule has 0 aromatic heterocycles. The number of hydrogen-bond donors (Lipinski definition) is 0. The van der Waals surface area contributed by atoms with Gasteiger partial charge in [0.15, 0.2) is 0 Å². The fraction of sp³-hybridized carbons (Fsp3) is 0.727. The monoisotopic (exact) mass is 164 g/mol. The van der Waals surface area contributed by atoms with E-state index in [4.69, 9.17) is 0 Å². The molecule has 3 atom stereocenters. The van der Waals surface area contributed by atoms with Crippen molar-refractivity contribution in [3.8, 4) is 0 Å². The fourth-order valence-corrected chi connectivity index (χ4v) is 2.65. The third-order valence-corrected chi connectivity index (χ3v) is 3.87. The van der Waals surface area contributed by atoms with Crippen LogP contribution in [0.1, 0.15) is 33.1 Å². The van der Waals surface area contributed by atoms with E-state index in [9.17, 15) is 4.79 Å². The van der Waals surface area contributed by atoms with Gasteiger partial charge in [0.25, 0.3) is 0 Å². The van der Waals surface area contributed by atoms with Gasteiger partial charge in [0, 0.05) is 11.8 Å². The highest BCUT2D eigenvalue weighted by Gasteiger charge is 2.47. The van der Waals surface area contributed by atoms with Crippen LogP contribution in [0, 0.1) is 17.3 Å². The SMILES string of the molecule is CC1C=CC2CCCC(=O)C12C. The van der Waals surface area contributed by atoms with E-state index in [1.807, 2.05) is 0 Å². The lowest BCUT2D eigenvalue weighted by Crippen LogP contribution is -2.39. The van der Waals surface area contributed by atoms with Gasteiger partial charge in [-0.15, -0.1) is 0 Å². The summed E-state index contributed by atoms with van der Waals surface area (Å²) in [6.45, 7) is 4.31. The van der Waals surface area contributed by atoms with Gasteiger partial charge >= 0.3 is 0 Å². The molecule has 0 N–H and O–H groups in total. The number of ketones is 1. The van der Waals surface area contributed by atoms with Gasteiger partial charge < -0.3 is 0 Å². The zero-order chi connectivity index (χ0) is 8.77. The highest BCUT2D eigenvalue weighted by Crippen LogP contribution is 2.49. The van der Waals surface area contributed by atoms with Crippen molar-refractivity contribution in [3.05, 3.63) is 12.2 Å². The maximum Gasteiger partial charge on any atom is 0.139 e. The molecule has 1 heteroatoms. The average Bonchev–Trinajstić information content (AvgIpc) is 2.33. The lowest BCUT2D eigenvalue weighted by atomic mass is 9.64. The molecule has 2 rings (SSSR count). The molecule has 0 amide bonds. The van der Waals surface area contributed by atoms with E-state index in [2.05, 4.69) is 26.0 Å². The Morgan fingerprint density at radius 1 is 1.50 bits per heavy atom. The van der Waals surface area contributed by atoms with E-state index in [0.29, 0.717) is 17.6 Å². The van der Waals surface area contributed by atoms with Gasteiger partial charge in [-0.3, -0.25) is 4.79 Å². The maximum atomic E-state index is 11.8. The van der Waals surface area contributed by atoms with E-state index in [0.717, 1.165) is 12.8 Å². The summed E-state index contributed by atoms with van der Waals surface area (Å²) in [6.07, 6.45) is 7.58. The fourth-order valence-electron chi connectivity index (χ4n) is 2.65. The van der Waals surface area contributed by atoms with Crippen molar-refractivity contribution < 1.29 is 4.79 Å². The number of carbonyl (C=O) groups excluding carboxylic acids is 1. The number of allylic oxidation sites excluding steroid dienone is 2. The molecule has 0 bridgehead atoms. The molecule has 3 unspecified atom stereocenters. The van der Waals surface area contributed by atoms with Gasteiger partial charge in [-0.1, -0.05) is 26.0 Å². The van der Waals surface area contributed by atoms with Crippen molar-refractivity contribution in [2.75, 3.05) is 0 Å². The summed E-state index contributed by atoms with van der Waals surface area (Å²) in [4.78, 5) is 11.8. The zero-order valence-electron chi connectivity index (χ0n) is 7.84. The second kappa shape index (κ2) is 2.45. The largest absolute Gasteiger partial charge is 0.299 e. The Kier molecular flexibility index (Phi) is 1.64. The second-order valence-corrected chi connectivity index (χ2v) is 4.38. The third-order valence-electron chi connectivity index (χ3n) is 3.87. The molecule has 0 saturated heterocycles. The Labute approximate surface area is 73.8 Å². The number of rotatable bonds is 0. The van der Waals surface area contributed by atoms with Gasteiger partial charge in [0.1, 0.15) is 5.78 Å². The van der Waals surface area contributed by atoms with Crippen LogP contribution in [0.5, 0.6) is 0 Å². The van der Waals surface area contributed by atoms with Crippen LogP contribution in [-0.2, 0) is 4.79 Å². The molecule has 0 aromatic rings. The van der Waals surface area contributed by atoms with Crippen molar-refractivity contribution in [1.29, 1.82) is 0 Å². The third kappa shape index (κ3) is 0.825. The number of hydrogen-bond acceptors (Lipinski definition) is 1. The molecule has 12 heavy (non-hydrogen) atoms. The Morgan fingerprint density at radius 3 is 2.92 bits per heavy atom. The van der Waals surface area contributed by atoms with Crippen LogP contribution < -0.4 is 0 Å². The summed E-state index contributed by atoms with van der Waals surface area (Å²) in [5.74, 6) is 1.47. The van der Waals surface area contributed by atoms with Crippen LogP contribution >= 0.6 is 0 Å². The summed E-state index contributed by atoms with van der Waals surface area (Å²) < 4.78 is 0. The molecule has 2 aliphatic carbocycles. The summed E-state index contributed by atoms with van der Waals surface area (Å²) in [6, 6.07) is 0. The number of Topliss-reactive ketones (excluding diaryl/α,β-unsaturated/α-hetero) is 1. The molecule has 0 radical (unpaired) electrons. The Morgan fingerprint density at radius 2 is 2.25 bits per heavy atom. The molecular weight excluding hydrogens is 148 g/mol. The highest BCUT2D eigenvalue weighted by molar-refractivity contribution is 5.87. The molecule has 1 saturated carbocycles. The van der Waals surface area contributed by atoms with Crippen LogP contribution in [0.2, 0.25) is 0 Å². The first kappa shape index (κ1) is 8.03. The Balaban J connectivity index is 2.34. The van der Waals surface area contributed by atoms with Gasteiger partial charge in [-0.2, -0.15) is 0 Å². The molecule has 1 fully saturated rings. The molecule has 0 aromatic carbocycles. The van der Waals surface area contributed by atoms with Crippen LogP contribution in [0.3, 0.4) is 0 Å². The second-order valence-electron chi connectivity index (χ2n) is 4.38. The minimum absolute atomic E-state index is 0.0434. The average molecular weight is 164 g/mol. The molecule has 66 valence electrons. The van der Waals surface area contributed by atoms with Crippen LogP contribution in [0.25, 0.3) is 0 Å². The molecule has 0 spiro atoms. The van der Waals surface area contributed by atoms with E-state index < -0.39 is 0 Å². The predicted octanol–water partition coefficient (Wildman–Crippen LogP) is 2.57. The van der Waals surface area contributed by atoms with Crippen molar-refractivity contribution in [1.82, 2.24) is 0 Å². The summed E-state index contributed by atoms with van der Waals surface area (Å²) >= 11 is 0. The predicted molar refractivity (Wildman–Crippen MR) is 48.8 cm³/mol. The zero-order valence-corrected chi connectivity index (χ0v) is 7.84. The first-order valence-electron chi connectivity index (χ1n) is 4.87. The normalized spacial score (nSPS) is 46.3. The lowest BCUT2D eigenvalue weighted by Gasteiger charge is -2.37. The highest BCUT2D eigenvalue weighted by atomic mass is 16.1. The first-order valence-corrected chi connectivity index (χ1v) is 4.87. The Bertz CT molecular complexity index is 241. The van der Waals surface area contributed by atoms with Crippen LogP contribution in [-0.4, -0.2) is 5.78 Å². The first-order chi connectivity index (χ1) is 5.65. The summed E-state index contributed by atoms with van der Waals surface area (Å²) in [7, 11) is 0. The molecule has 1 nitrogen and oxygen atoms in total. The van der Waals surface area contributed by atoms with E-state index >= 15 is 0 Å². The minimum atomic E-state index is -0.0434. The standard InChI is InChI=1S/C11H16O/c1-8-6-7-9-4-3-5-10(12)11(8,9)2/h6-9H,3-5H2,1-2H3. The molecule has 0 heterocycles. The van der Waals surface area contributed by atoms with Gasteiger partial charge in [-0.25, -0.2) is 0 Å². The smallest absolute Gasteiger partial charge is 0.139 e. The van der Waals surface area contributed by atoms with Crippen molar-refractivity contribution in [3.63, 3.8) is 0 Å². The molecule has 2 aliphatic rings. The number of carbonyl (C=O) groups is 1. The molecular formula is C11H16O. The van der Waals surface area contributed by atoms with Gasteiger partial charge in [0.2, 0.25) is 0 Å². The van der Waals surface area contributed by atoms with Crippen LogP contribution in [0.15, 0.2) is 12.2 Å². The number of fused-ring (bicyclic) bond motifs is 1. The van der Waals surface area contributed by atoms with Crippen molar-refractivity contribution >= 4 is 5.78 Å². The molecule has 0 aliphatic heterocycles. The maximum absolute atomic E-state index is 11.8. The van der Waals surface area contributed by atoms with E-state index in [1.165, 1.54) is 6.42 Å². The summed E-state index contributed by atoms with van der Waals surface area (Å²) in [5.41, 5.74) is -0.0434. The van der Waals surface area contributed by atoms with Gasteiger partial charge in [-0.05, 0) is 24.7 Å². The van der Waals surface area contributed by atoms with Crippen molar-refractivity contribution in [2.45, 2.75) is 33.1 Å². The van der Waals surface area contributed by atoms with Crippen molar-refractivity contribution in [2.24, 2.45) is 17.3 Å². The lowest BCUT2D eigenvalue weighted by molar-refractivity contribution is -0.134. The Hall–Kier alpha value is -0.590. The quantitative estimate of drug-likeness (QED) is 0.503. The minimum Gasteiger partial charge on any atom is -0.299 e. The van der Waals surface area contributed by atoms with E-state index in [1.54, 1.807) is 0 Å². The summed E-state index contributed by atoms with van der Waals surface area (Å²) in [5, 5.41) is 0.